The average Bonchev–Trinajstić information content (AvgIpc) is 2.69. The molecule has 1 fully saturated rings. The molecular weight excluding hydrogens is 352 g/mol. The molecule has 0 saturated carbocycles. The van der Waals surface area contributed by atoms with Crippen molar-refractivity contribution in [1.82, 2.24) is 18.8 Å². The predicted octanol–water partition coefficient (Wildman–Crippen LogP) is 1.82. The van der Waals surface area contributed by atoms with Crippen LogP contribution in [0.15, 0.2) is 64.8 Å². The van der Waals surface area contributed by atoms with Gasteiger partial charge in [0.2, 0.25) is 10.0 Å². The number of aromatic nitrogens is 3. The Morgan fingerprint density at radius 1 is 1.12 bits per heavy atom. The lowest BCUT2D eigenvalue weighted by atomic mass is 10.1. The smallest absolute Gasteiger partial charge is 0.261 e. The summed E-state index contributed by atoms with van der Waals surface area (Å²) >= 11 is 0. The minimum absolute atomic E-state index is 0.138. The maximum atomic E-state index is 12.8. The molecule has 8 heteroatoms. The van der Waals surface area contributed by atoms with Crippen molar-refractivity contribution >= 4 is 20.9 Å². The highest BCUT2D eigenvalue weighted by molar-refractivity contribution is 7.89. The van der Waals surface area contributed by atoms with Crippen LogP contribution in [0.2, 0.25) is 0 Å². The number of fused-ring (bicyclic) bond motifs is 1. The van der Waals surface area contributed by atoms with Gasteiger partial charge in [0.15, 0.2) is 0 Å². The van der Waals surface area contributed by atoms with Crippen molar-refractivity contribution in [2.75, 3.05) is 13.1 Å². The molecule has 0 unspecified atom stereocenters. The summed E-state index contributed by atoms with van der Waals surface area (Å²) in [6.07, 6.45) is 5.83. The van der Waals surface area contributed by atoms with Gasteiger partial charge in [0.05, 0.1) is 23.3 Å². The Hall–Kier alpha value is -2.58. The monoisotopic (exact) mass is 370 g/mol. The van der Waals surface area contributed by atoms with Gasteiger partial charge in [0, 0.05) is 25.5 Å². The summed E-state index contributed by atoms with van der Waals surface area (Å²) in [5, 5.41) is 0.544. The maximum absolute atomic E-state index is 12.8. The highest BCUT2D eigenvalue weighted by atomic mass is 32.2. The van der Waals surface area contributed by atoms with Gasteiger partial charge in [-0.2, -0.15) is 4.31 Å². The predicted molar refractivity (Wildman–Crippen MR) is 97.3 cm³/mol. The van der Waals surface area contributed by atoms with Crippen LogP contribution in [0.25, 0.3) is 10.9 Å². The Kier molecular flexibility index (Phi) is 4.29. The number of pyridine rings is 1. The fourth-order valence-corrected chi connectivity index (χ4v) is 4.84. The quantitative estimate of drug-likeness (QED) is 0.702. The third-order valence-electron chi connectivity index (χ3n) is 4.72. The van der Waals surface area contributed by atoms with Crippen molar-refractivity contribution in [2.45, 2.75) is 23.8 Å². The van der Waals surface area contributed by atoms with Gasteiger partial charge in [-0.05, 0) is 37.1 Å². The minimum Gasteiger partial charge on any atom is -0.294 e. The molecule has 1 aliphatic rings. The van der Waals surface area contributed by atoms with Crippen LogP contribution in [0.1, 0.15) is 18.9 Å². The summed E-state index contributed by atoms with van der Waals surface area (Å²) in [6, 6.07) is 10.1. The fraction of sp³-hybridized carbons (Fsp3) is 0.278. The molecule has 3 aromatic rings. The van der Waals surface area contributed by atoms with Gasteiger partial charge in [-0.1, -0.05) is 12.1 Å². The summed E-state index contributed by atoms with van der Waals surface area (Å²) in [6.45, 7) is 0.681. The second kappa shape index (κ2) is 6.62. The van der Waals surface area contributed by atoms with Crippen LogP contribution in [-0.2, 0) is 10.0 Å². The Labute approximate surface area is 151 Å². The van der Waals surface area contributed by atoms with Crippen LogP contribution in [0.5, 0.6) is 0 Å². The van der Waals surface area contributed by atoms with E-state index in [0.29, 0.717) is 23.9 Å². The normalized spacial score (nSPS) is 18.8. The largest absolute Gasteiger partial charge is 0.294 e. The number of nitrogens with zero attached hydrogens (tertiary/aromatic N) is 4. The van der Waals surface area contributed by atoms with Crippen molar-refractivity contribution in [3.05, 3.63) is 65.5 Å². The zero-order valence-corrected chi connectivity index (χ0v) is 14.8. The van der Waals surface area contributed by atoms with E-state index in [0.717, 1.165) is 6.42 Å². The van der Waals surface area contributed by atoms with Crippen LogP contribution in [0, 0.1) is 0 Å². The third kappa shape index (κ3) is 2.91. The molecule has 134 valence electrons. The molecule has 0 N–H and O–H groups in total. The lowest BCUT2D eigenvalue weighted by Crippen LogP contribution is -2.42. The Balaban J connectivity index is 1.68. The molecule has 0 radical (unpaired) electrons. The van der Waals surface area contributed by atoms with Crippen molar-refractivity contribution in [2.24, 2.45) is 0 Å². The summed E-state index contributed by atoms with van der Waals surface area (Å²) in [4.78, 5) is 21.2. The first-order chi connectivity index (χ1) is 12.6. The van der Waals surface area contributed by atoms with Crippen molar-refractivity contribution in [3.63, 3.8) is 0 Å². The van der Waals surface area contributed by atoms with E-state index in [1.54, 1.807) is 35.0 Å². The maximum Gasteiger partial charge on any atom is 0.261 e. The van der Waals surface area contributed by atoms with Gasteiger partial charge in [0.25, 0.3) is 5.56 Å². The van der Waals surface area contributed by atoms with E-state index in [4.69, 9.17) is 0 Å². The first-order valence-corrected chi connectivity index (χ1v) is 9.87. The number of para-hydroxylation sites is 1. The van der Waals surface area contributed by atoms with E-state index >= 15 is 0 Å². The molecule has 1 atom stereocenters. The standard InChI is InChI=1S/C18H18N4O3S/c23-18-16-7-1-2-8-17(16)20-13-22(18)14-5-4-10-21(12-14)26(24,25)15-6-3-9-19-11-15/h1-3,6-9,11,13-14H,4-5,10,12H2/t14-/m0/s1. The molecular formula is C18H18N4O3S. The van der Waals surface area contributed by atoms with Crippen LogP contribution in [0.3, 0.4) is 0 Å². The summed E-state index contributed by atoms with van der Waals surface area (Å²) in [5.74, 6) is 0. The Bertz CT molecular complexity index is 1100. The van der Waals surface area contributed by atoms with Crippen molar-refractivity contribution in [1.29, 1.82) is 0 Å². The SMILES string of the molecule is O=c1c2ccccc2ncn1[C@H]1CCCN(S(=O)(=O)c2cccnc2)C1. The Morgan fingerprint density at radius 3 is 2.77 bits per heavy atom. The van der Waals surface area contributed by atoms with Gasteiger partial charge in [-0.25, -0.2) is 13.4 Å². The molecule has 0 amide bonds. The summed E-state index contributed by atoms with van der Waals surface area (Å²) < 4.78 is 28.7. The lowest BCUT2D eigenvalue weighted by molar-refractivity contribution is 0.262. The van der Waals surface area contributed by atoms with E-state index in [1.165, 1.54) is 22.9 Å². The van der Waals surface area contributed by atoms with Gasteiger partial charge >= 0.3 is 0 Å². The number of rotatable bonds is 3. The van der Waals surface area contributed by atoms with E-state index in [2.05, 4.69) is 9.97 Å². The molecule has 0 bridgehead atoms. The first kappa shape index (κ1) is 16.9. The summed E-state index contributed by atoms with van der Waals surface area (Å²) in [7, 11) is -3.62. The van der Waals surface area contributed by atoms with Crippen molar-refractivity contribution in [3.8, 4) is 0 Å². The van der Waals surface area contributed by atoms with Crippen LogP contribution >= 0.6 is 0 Å². The highest BCUT2D eigenvalue weighted by Gasteiger charge is 2.31. The molecule has 3 heterocycles. The zero-order valence-electron chi connectivity index (χ0n) is 14.0. The van der Waals surface area contributed by atoms with Crippen LogP contribution in [0.4, 0.5) is 0 Å². The number of hydrogen-bond acceptors (Lipinski definition) is 5. The average molecular weight is 370 g/mol. The summed E-state index contributed by atoms with van der Waals surface area (Å²) in [5.41, 5.74) is 0.505. The highest BCUT2D eigenvalue weighted by Crippen LogP contribution is 2.25. The van der Waals surface area contributed by atoms with Gasteiger partial charge < -0.3 is 0 Å². The number of piperidine rings is 1. The van der Waals surface area contributed by atoms with Crippen LogP contribution in [-0.4, -0.2) is 40.3 Å². The van der Waals surface area contributed by atoms with Gasteiger partial charge in [-0.3, -0.25) is 14.3 Å². The second-order valence-electron chi connectivity index (χ2n) is 6.32. The lowest BCUT2D eigenvalue weighted by Gasteiger charge is -2.32. The third-order valence-corrected chi connectivity index (χ3v) is 6.56. The van der Waals surface area contributed by atoms with Gasteiger partial charge in [0.1, 0.15) is 4.90 Å². The molecule has 4 rings (SSSR count). The minimum atomic E-state index is -3.62. The van der Waals surface area contributed by atoms with Gasteiger partial charge in [-0.15, -0.1) is 0 Å². The molecule has 2 aromatic heterocycles. The first-order valence-electron chi connectivity index (χ1n) is 8.43. The number of benzene rings is 1. The molecule has 0 aliphatic carbocycles. The molecule has 1 aromatic carbocycles. The van der Waals surface area contributed by atoms with E-state index in [1.807, 2.05) is 6.07 Å². The molecule has 1 saturated heterocycles. The van der Waals surface area contributed by atoms with E-state index in [9.17, 15) is 13.2 Å². The second-order valence-corrected chi connectivity index (χ2v) is 8.26. The molecule has 7 nitrogen and oxygen atoms in total. The molecule has 26 heavy (non-hydrogen) atoms. The zero-order chi connectivity index (χ0) is 18.1. The van der Waals surface area contributed by atoms with Crippen LogP contribution < -0.4 is 5.56 Å². The Morgan fingerprint density at radius 2 is 1.96 bits per heavy atom. The fourth-order valence-electron chi connectivity index (χ4n) is 3.36. The molecule has 0 spiro atoms. The molecule has 1 aliphatic heterocycles. The van der Waals surface area contributed by atoms with Crippen molar-refractivity contribution < 1.29 is 8.42 Å². The van der Waals surface area contributed by atoms with E-state index in [-0.39, 0.29) is 23.0 Å². The topological polar surface area (TPSA) is 85.2 Å². The van der Waals surface area contributed by atoms with E-state index < -0.39 is 10.0 Å². The number of hydrogen-bond donors (Lipinski definition) is 0. The number of sulfonamides is 1.